The molecule has 0 unspecified atom stereocenters. The van der Waals surface area contributed by atoms with Gasteiger partial charge in [0.05, 0.1) is 12.0 Å². The molecular formula is C18H18N2O3. The summed E-state index contributed by atoms with van der Waals surface area (Å²) in [7, 11) is 1.72. The van der Waals surface area contributed by atoms with Gasteiger partial charge in [-0.2, -0.15) is 0 Å². The van der Waals surface area contributed by atoms with Gasteiger partial charge in [-0.15, -0.1) is 0 Å². The molecule has 2 atom stereocenters. The maximum Gasteiger partial charge on any atom is 0.230 e. The number of rotatable bonds is 3. The number of hydrogen-bond acceptors (Lipinski definition) is 3. The number of phenolic OH excluding ortho intramolecular Hbond substituents is 1. The Labute approximate surface area is 134 Å². The monoisotopic (exact) mass is 310 g/mol. The number of carbonyl (C=O) groups excluding carboxylic acids is 2. The van der Waals surface area contributed by atoms with Crippen LogP contribution < -0.4 is 5.32 Å². The summed E-state index contributed by atoms with van der Waals surface area (Å²) in [6, 6.07) is 15.7. The van der Waals surface area contributed by atoms with E-state index < -0.39 is 5.92 Å². The van der Waals surface area contributed by atoms with Crippen LogP contribution in [0.5, 0.6) is 5.75 Å². The molecule has 0 spiro atoms. The fraction of sp³-hybridized carbons (Fsp3) is 0.222. The summed E-state index contributed by atoms with van der Waals surface area (Å²) in [5.74, 6) is -0.642. The third-order valence-electron chi connectivity index (χ3n) is 4.18. The summed E-state index contributed by atoms with van der Waals surface area (Å²) in [4.78, 5) is 26.3. The number of carbonyl (C=O) groups is 2. The second-order valence-electron chi connectivity index (χ2n) is 5.71. The molecule has 0 aromatic heterocycles. The molecule has 1 heterocycles. The van der Waals surface area contributed by atoms with Crippen molar-refractivity contribution in [1.29, 1.82) is 0 Å². The summed E-state index contributed by atoms with van der Waals surface area (Å²) in [6.07, 6.45) is 0.181. The van der Waals surface area contributed by atoms with E-state index in [1.54, 1.807) is 24.1 Å². The van der Waals surface area contributed by atoms with Crippen LogP contribution in [0.4, 0.5) is 5.69 Å². The Bertz CT molecular complexity index is 730. The lowest BCUT2D eigenvalue weighted by molar-refractivity contribution is -0.127. The lowest BCUT2D eigenvalue weighted by atomic mass is 9.93. The zero-order valence-corrected chi connectivity index (χ0v) is 12.8. The smallest absolute Gasteiger partial charge is 0.230 e. The van der Waals surface area contributed by atoms with E-state index in [4.69, 9.17) is 0 Å². The number of amides is 2. The van der Waals surface area contributed by atoms with Gasteiger partial charge < -0.3 is 15.3 Å². The first-order valence-corrected chi connectivity index (χ1v) is 7.47. The van der Waals surface area contributed by atoms with Crippen molar-refractivity contribution in [1.82, 2.24) is 4.90 Å². The van der Waals surface area contributed by atoms with E-state index in [2.05, 4.69) is 5.32 Å². The summed E-state index contributed by atoms with van der Waals surface area (Å²) in [6.45, 7) is 0. The summed E-state index contributed by atoms with van der Waals surface area (Å²) in [5, 5.41) is 12.3. The van der Waals surface area contributed by atoms with E-state index >= 15 is 0 Å². The highest BCUT2D eigenvalue weighted by atomic mass is 16.3. The highest BCUT2D eigenvalue weighted by Crippen LogP contribution is 2.37. The molecule has 1 saturated heterocycles. The van der Waals surface area contributed by atoms with Crippen molar-refractivity contribution in [3.63, 3.8) is 0 Å². The van der Waals surface area contributed by atoms with Gasteiger partial charge in [0.15, 0.2) is 0 Å². The molecule has 0 aliphatic carbocycles. The number of likely N-dealkylation sites (tertiary alicyclic amines) is 1. The largest absolute Gasteiger partial charge is 0.508 e. The predicted octanol–water partition coefficient (Wildman–Crippen LogP) is 2.55. The van der Waals surface area contributed by atoms with Crippen LogP contribution in [0.1, 0.15) is 18.0 Å². The number of benzene rings is 2. The van der Waals surface area contributed by atoms with Crippen LogP contribution in [0.15, 0.2) is 54.6 Å². The molecule has 5 nitrogen and oxygen atoms in total. The summed E-state index contributed by atoms with van der Waals surface area (Å²) in [5.41, 5.74) is 1.46. The highest BCUT2D eigenvalue weighted by Gasteiger charge is 2.42. The summed E-state index contributed by atoms with van der Waals surface area (Å²) >= 11 is 0. The molecule has 0 radical (unpaired) electrons. The first-order chi connectivity index (χ1) is 11.1. The molecular weight excluding hydrogens is 292 g/mol. The van der Waals surface area contributed by atoms with Crippen LogP contribution in [0.3, 0.4) is 0 Å². The Morgan fingerprint density at radius 2 is 1.91 bits per heavy atom. The molecule has 2 aromatic carbocycles. The maximum atomic E-state index is 12.6. The Morgan fingerprint density at radius 3 is 2.61 bits per heavy atom. The topological polar surface area (TPSA) is 69.6 Å². The predicted molar refractivity (Wildman–Crippen MR) is 86.8 cm³/mol. The molecule has 23 heavy (non-hydrogen) atoms. The average molecular weight is 310 g/mol. The molecule has 1 aliphatic heterocycles. The Kier molecular flexibility index (Phi) is 4.02. The SMILES string of the molecule is CN1C(=O)C[C@H](C(=O)Nc2cccc(O)c2)[C@H]1c1ccccc1. The number of aromatic hydroxyl groups is 1. The lowest BCUT2D eigenvalue weighted by Gasteiger charge is -2.24. The Morgan fingerprint density at radius 1 is 1.17 bits per heavy atom. The number of anilines is 1. The van der Waals surface area contributed by atoms with Crippen molar-refractivity contribution >= 4 is 17.5 Å². The minimum absolute atomic E-state index is 0.0464. The van der Waals surface area contributed by atoms with Gasteiger partial charge in [0.25, 0.3) is 0 Å². The summed E-state index contributed by atoms with van der Waals surface area (Å²) < 4.78 is 0. The molecule has 0 bridgehead atoms. The minimum atomic E-state index is -0.461. The first-order valence-electron chi connectivity index (χ1n) is 7.47. The van der Waals surface area contributed by atoms with Crippen LogP contribution >= 0.6 is 0 Å². The van der Waals surface area contributed by atoms with E-state index in [1.807, 2.05) is 30.3 Å². The van der Waals surface area contributed by atoms with Gasteiger partial charge in [0.1, 0.15) is 5.75 Å². The molecule has 2 amide bonds. The van der Waals surface area contributed by atoms with Crippen LogP contribution in [-0.4, -0.2) is 28.9 Å². The number of hydrogen-bond donors (Lipinski definition) is 2. The van der Waals surface area contributed by atoms with Gasteiger partial charge in [-0.3, -0.25) is 9.59 Å². The molecule has 5 heteroatoms. The molecule has 1 fully saturated rings. The van der Waals surface area contributed by atoms with Crippen molar-refractivity contribution in [3.05, 3.63) is 60.2 Å². The molecule has 2 aromatic rings. The van der Waals surface area contributed by atoms with Crippen LogP contribution in [-0.2, 0) is 9.59 Å². The van der Waals surface area contributed by atoms with Crippen LogP contribution in [0.25, 0.3) is 0 Å². The fourth-order valence-corrected chi connectivity index (χ4v) is 3.03. The zero-order chi connectivity index (χ0) is 16.4. The van der Waals surface area contributed by atoms with Crippen LogP contribution in [0.2, 0.25) is 0 Å². The zero-order valence-electron chi connectivity index (χ0n) is 12.8. The Balaban J connectivity index is 1.84. The van der Waals surface area contributed by atoms with Gasteiger partial charge in [-0.25, -0.2) is 0 Å². The van der Waals surface area contributed by atoms with Gasteiger partial charge in [-0.05, 0) is 17.7 Å². The molecule has 1 aliphatic rings. The molecule has 2 N–H and O–H groups in total. The lowest BCUT2D eigenvalue weighted by Crippen LogP contribution is -2.29. The second-order valence-corrected chi connectivity index (χ2v) is 5.71. The van der Waals surface area contributed by atoms with E-state index in [9.17, 15) is 14.7 Å². The molecule has 3 rings (SSSR count). The van der Waals surface area contributed by atoms with Crippen LogP contribution in [0, 0.1) is 5.92 Å². The van der Waals surface area contributed by atoms with Gasteiger partial charge in [0.2, 0.25) is 11.8 Å². The third kappa shape index (κ3) is 3.04. The van der Waals surface area contributed by atoms with E-state index in [-0.39, 0.29) is 30.0 Å². The standard InChI is InChI=1S/C18H18N2O3/c1-20-16(22)11-15(17(20)12-6-3-2-4-7-12)18(23)19-13-8-5-9-14(21)10-13/h2-10,15,17,21H,11H2,1H3,(H,19,23)/t15-,17+/m0/s1. The van der Waals surface area contributed by atoms with Crippen molar-refractivity contribution in [2.75, 3.05) is 12.4 Å². The van der Waals surface area contributed by atoms with Gasteiger partial charge in [0, 0.05) is 25.2 Å². The molecule has 118 valence electrons. The van der Waals surface area contributed by atoms with Gasteiger partial charge in [-0.1, -0.05) is 36.4 Å². The average Bonchev–Trinajstić information content (AvgIpc) is 2.84. The quantitative estimate of drug-likeness (QED) is 0.915. The fourth-order valence-electron chi connectivity index (χ4n) is 3.03. The third-order valence-corrected chi connectivity index (χ3v) is 4.18. The van der Waals surface area contributed by atoms with E-state index in [1.165, 1.54) is 12.1 Å². The second kappa shape index (κ2) is 6.12. The van der Waals surface area contributed by atoms with E-state index in [0.29, 0.717) is 5.69 Å². The van der Waals surface area contributed by atoms with Crippen molar-refractivity contribution < 1.29 is 14.7 Å². The maximum absolute atomic E-state index is 12.6. The Hall–Kier alpha value is -2.82. The number of nitrogens with zero attached hydrogens (tertiary/aromatic N) is 1. The molecule has 0 saturated carbocycles. The number of phenols is 1. The number of nitrogens with one attached hydrogen (secondary N) is 1. The van der Waals surface area contributed by atoms with Crippen molar-refractivity contribution in [3.8, 4) is 5.75 Å². The first kappa shape index (κ1) is 15.1. The van der Waals surface area contributed by atoms with E-state index in [0.717, 1.165) is 5.56 Å². The highest BCUT2D eigenvalue weighted by molar-refractivity contribution is 5.98. The minimum Gasteiger partial charge on any atom is -0.508 e. The van der Waals surface area contributed by atoms with Crippen molar-refractivity contribution in [2.24, 2.45) is 5.92 Å². The van der Waals surface area contributed by atoms with Gasteiger partial charge >= 0.3 is 0 Å². The normalized spacial score (nSPS) is 20.6. The van der Waals surface area contributed by atoms with Crippen molar-refractivity contribution in [2.45, 2.75) is 12.5 Å².